The molecule has 0 unspecified atom stereocenters. The Morgan fingerprint density at radius 1 is 0.917 bits per heavy atom. The van der Waals surface area contributed by atoms with Crippen LogP contribution in [0.15, 0.2) is 42.5 Å². The summed E-state index contributed by atoms with van der Waals surface area (Å²) in [5, 5.41) is 5.02. The molecule has 2 aromatic rings. The van der Waals surface area contributed by atoms with E-state index in [0.717, 1.165) is 32.5 Å². The monoisotopic (exact) mass is 322 g/mol. The molecule has 0 atom stereocenters. The summed E-state index contributed by atoms with van der Waals surface area (Å²) in [6.07, 6.45) is 2.86. The predicted molar refractivity (Wildman–Crippen MR) is 93.3 cm³/mol. The summed E-state index contributed by atoms with van der Waals surface area (Å²) in [5.74, 6) is -0.206. The fraction of sp³-hybridized carbons (Fsp3) is 0.400. The van der Waals surface area contributed by atoms with Gasteiger partial charge >= 0.3 is 0 Å². The number of imide groups is 1. The van der Waals surface area contributed by atoms with Gasteiger partial charge in [-0.1, -0.05) is 42.5 Å². The van der Waals surface area contributed by atoms with Crippen molar-refractivity contribution in [3.05, 3.63) is 48.0 Å². The minimum atomic E-state index is -0.103. The van der Waals surface area contributed by atoms with E-state index in [1.165, 1.54) is 16.3 Å². The number of benzene rings is 2. The van der Waals surface area contributed by atoms with Crippen LogP contribution in [-0.2, 0) is 16.1 Å². The fourth-order valence-electron chi connectivity index (χ4n) is 4.20. The zero-order valence-corrected chi connectivity index (χ0v) is 13.8. The summed E-state index contributed by atoms with van der Waals surface area (Å²) in [5.41, 5.74) is 1.25. The number of hydrogen-bond donors (Lipinski definition) is 1. The molecule has 0 aromatic heterocycles. The van der Waals surface area contributed by atoms with Crippen LogP contribution in [0, 0.1) is 5.41 Å². The zero-order valence-electron chi connectivity index (χ0n) is 13.8. The van der Waals surface area contributed by atoms with Gasteiger partial charge in [0.1, 0.15) is 0 Å². The number of carbonyl (C=O) groups is 2. The Bertz CT molecular complexity index is 768. The molecule has 2 amide bonds. The highest BCUT2D eigenvalue weighted by atomic mass is 16.2. The predicted octanol–water partition coefficient (Wildman–Crippen LogP) is 2.86. The second-order valence-corrected chi connectivity index (χ2v) is 7.24. The van der Waals surface area contributed by atoms with Gasteiger partial charge < -0.3 is 0 Å². The molecule has 2 heterocycles. The van der Waals surface area contributed by atoms with E-state index in [9.17, 15) is 9.59 Å². The van der Waals surface area contributed by atoms with Crippen molar-refractivity contribution in [2.75, 3.05) is 13.1 Å². The van der Waals surface area contributed by atoms with Crippen LogP contribution in [0.25, 0.3) is 10.8 Å². The first kappa shape index (κ1) is 15.3. The van der Waals surface area contributed by atoms with E-state index in [-0.39, 0.29) is 17.2 Å². The summed E-state index contributed by atoms with van der Waals surface area (Å²) in [4.78, 5) is 25.9. The Morgan fingerprint density at radius 2 is 1.58 bits per heavy atom. The van der Waals surface area contributed by atoms with E-state index < -0.39 is 0 Å². The van der Waals surface area contributed by atoms with Crippen molar-refractivity contribution in [1.29, 1.82) is 0 Å². The van der Waals surface area contributed by atoms with Gasteiger partial charge in [0.2, 0.25) is 11.8 Å². The lowest BCUT2D eigenvalue weighted by atomic mass is 9.71. The molecule has 1 spiro atoms. The Kier molecular flexibility index (Phi) is 3.85. The average molecular weight is 322 g/mol. The van der Waals surface area contributed by atoms with Gasteiger partial charge in [-0.15, -0.1) is 0 Å². The summed E-state index contributed by atoms with van der Waals surface area (Å²) < 4.78 is 0. The van der Waals surface area contributed by atoms with Gasteiger partial charge in [0.05, 0.1) is 0 Å². The third-order valence-corrected chi connectivity index (χ3v) is 5.54. The van der Waals surface area contributed by atoms with Crippen LogP contribution in [0.4, 0.5) is 0 Å². The van der Waals surface area contributed by atoms with Crippen LogP contribution in [0.2, 0.25) is 0 Å². The van der Waals surface area contributed by atoms with Gasteiger partial charge in [0.25, 0.3) is 0 Å². The number of amides is 2. The maximum absolute atomic E-state index is 11.7. The Labute approximate surface area is 141 Å². The van der Waals surface area contributed by atoms with Crippen LogP contribution in [0.1, 0.15) is 31.2 Å². The second kappa shape index (κ2) is 6.02. The quantitative estimate of drug-likeness (QED) is 0.865. The first-order chi connectivity index (χ1) is 11.6. The maximum Gasteiger partial charge on any atom is 0.227 e. The van der Waals surface area contributed by atoms with Crippen LogP contribution >= 0.6 is 0 Å². The lowest BCUT2D eigenvalue weighted by Crippen LogP contribution is -2.49. The number of hydrogen-bond acceptors (Lipinski definition) is 3. The first-order valence-electron chi connectivity index (χ1n) is 8.65. The molecule has 4 nitrogen and oxygen atoms in total. The van der Waals surface area contributed by atoms with Crippen molar-refractivity contribution in [2.24, 2.45) is 5.41 Å². The molecule has 2 saturated heterocycles. The number of nitrogens with zero attached hydrogens (tertiary/aromatic N) is 1. The van der Waals surface area contributed by atoms with E-state index in [2.05, 4.69) is 52.7 Å². The molecule has 0 bridgehead atoms. The van der Waals surface area contributed by atoms with E-state index in [4.69, 9.17) is 0 Å². The van der Waals surface area contributed by atoms with E-state index in [1.54, 1.807) is 0 Å². The molecule has 124 valence electrons. The molecule has 2 aliphatic rings. The van der Waals surface area contributed by atoms with Gasteiger partial charge in [-0.25, -0.2) is 0 Å². The fourth-order valence-corrected chi connectivity index (χ4v) is 4.20. The lowest BCUT2D eigenvalue weighted by molar-refractivity contribution is -0.139. The van der Waals surface area contributed by atoms with Crippen molar-refractivity contribution in [3.8, 4) is 0 Å². The molecule has 2 aliphatic heterocycles. The number of piperidine rings is 2. The SMILES string of the molecule is O=C1CC2(CCN(Cc3cccc4ccccc34)CC2)CC(=O)N1. The van der Waals surface area contributed by atoms with Crippen LogP contribution in [0.5, 0.6) is 0 Å². The Hall–Kier alpha value is -2.20. The highest BCUT2D eigenvalue weighted by Gasteiger charge is 2.41. The molecule has 24 heavy (non-hydrogen) atoms. The average Bonchev–Trinajstić information content (AvgIpc) is 2.56. The Morgan fingerprint density at radius 3 is 2.33 bits per heavy atom. The van der Waals surface area contributed by atoms with Crippen molar-refractivity contribution in [1.82, 2.24) is 10.2 Å². The number of rotatable bonds is 2. The first-order valence-corrected chi connectivity index (χ1v) is 8.65. The standard InChI is InChI=1S/C20H22N2O2/c23-18-12-20(13-19(24)21-18)8-10-22(11-9-20)14-16-6-3-5-15-4-1-2-7-17(15)16/h1-7H,8-14H2,(H,21,23,24). The molecule has 2 fully saturated rings. The van der Waals surface area contributed by atoms with Crippen molar-refractivity contribution in [3.63, 3.8) is 0 Å². The number of fused-ring (bicyclic) bond motifs is 1. The topological polar surface area (TPSA) is 49.4 Å². The highest BCUT2D eigenvalue weighted by Crippen LogP contribution is 2.40. The van der Waals surface area contributed by atoms with Crippen molar-refractivity contribution >= 4 is 22.6 Å². The minimum Gasteiger partial charge on any atom is -0.299 e. The molecule has 1 N–H and O–H groups in total. The summed E-state index contributed by atoms with van der Waals surface area (Å²) in [7, 11) is 0. The normalized spacial score (nSPS) is 21.2. The summed E-state index contributed by atoms with van der Waals surface area (Å²) >= 11 is 0. The van der Waals surface area contributed by atoms with Crippen molar-refractivity contribution < 1.29 is 9.59 Å². The summed E-state index contributed by atoms with van der Waals surface area (Å²) in [6, 6.07) is 15.0. The Balaban J connectivity index is 1.46. The largest absolute Gasteiger partial charge is 0.299 e. The molecule has 2 aromatic carbocycles. The van der Waals surface area contributed by atoms with Gasteiger partial charge in [0, 0.05) is 19.4 Å². The number of carbonyl (C=O) groups excluding carboxylic acids is 2. The summed E-state index contributed by atoms with van der Waals surface area (Å²) in [6.45, 7) is 2.82. The van der Waals surface area contributed by atoms with E-state index in [1.807, 2.05) is 0 Å². The van der Waals surface area contributed by atoms with E-state index >= 15 is 0 Å². The van der Waals surface area contributed by atoms with Crippen LogP contribution < -0.4 is 5.32 Å². The lowest BCUT2D eigenvalue weighted by Gasteiger charge is -2.43. The van der Waals surface area contributed by atoms with Crippen molar-refractivity contribution in [2.45, 2.75) is 32.2 Å². The number of nitrogens with one attached hydrogen (secondary N) is 1. The molecule has 4 rings (SSSR count). The maximum atomic E-state index is 11.7. The van der Waals surface area contributed by atoms with Gasteiger partial charge in [-0.05, 0) is 47.7 Å². The van der Waals surface area contributed by atoms with Crippen LogP contribution in [0.3, 0.4) is 0 Å². The minimum absolute atomic E-state index is 0.103. The number of likely N-dealkylation sites (tertiary alicyclic amines) is 1. The van der Waals surface area contributed by atoms with Gasteiger partial charge in [0.15, 0.2) is 0 Å². The second-order valence-electron chi connectivity index (χ2n) is 7.24. The molecular weight excluding hydrogens is 300 g/mol. The molecule has 0 aliphatic carbocycles. The third-order valence-electron chi connectivity index (χ3n) is 5.54. The van der Waals surface area contributed by atoms with Crippen LogP contribution in [-0.4, -0.2) is 29.8 Å². The molecule has 4 heteroatoms. The highest BCUT2D eigenvalue weighted by molar-refractivity contribution is 5.98. The van der Waals surface area contributed by atoms with E-state index in [0.29, 0.717) is 12.8 Å². The molecule has 0 saturated carbocycles. The zero-order chi connectivity index (χ0) is 16.6. The molecule has 0 radical (unpaired) electrons. The molecular formula is C20H22N2O2. The third kappa shape index (κ3) is 2.94. The van der Waals surface area contributed by atoms with Gasteiger partial charge in [-0.3, -0.25) is 19.8 Å². The van der Waals surface area contributed by atoms with Gasteiger partial charge in [-0.2, -0.15) is 0 Å². The smallest absolute Gasteiger partial charge is 0.227 e.